The van der Waals surface area contributed by atoms with E-state index in [1.165, 1.54) is 5.56 Å². The van der Waals surface area contributed by atoms with Crippen molar-refractivity contribution in [1.29, 1.82) is 0 Å². The Morgan fingerprint density at radius 3 is 2.00 bits per heavy atom. The van der Waals surface area contributed by atoms with Crippen LogP contribution in [0.1, 0.15) is 45.0 Å². The van der Waals surface area contributed by atoms with Crippen molar-refractivity contribution in [1.82, 2.24) is 9.97 Å². The molecule has 1 aromatic rings. The molecule has 0 amide bonds. The largest absolute Gasteiger partial charge is 0.241 e. The zero-order chi connectivity index (χ0) is 9.90. The van der Waals surface area contributed by atoms with Crippen molar-refractivity contribution in [3.8, 4) is 0 Å². The summed E-state index contributed by atoms with van der Waals surface area (Å²) in [6.45, 7) is 8.60. The van der Waals surface area contributed by atoms with Gasteiger partial charge in [0.05, 0.1) is 0 Å². The van der Waals surface area contributed by atoms with Gasteiger partial charge in [0.25, 0.3) is 0 Å². The fourth-order valence-corrected chi connectivity index (χ4v) is 1.36. The molecule has 0 N–H and O–H groups in total. The summed E-state index contributed by atoms with van der Waals surface area (Å²) >= 11 is 0. The molecular weight excluding hydrogens is 160 g/mol. The van der Waals surface area contributed by atoms with Crippen LogP contribution >= 0.6 is 0 Å². The van der Waals surface area contributed by atoms with E-state index in [-0.39, 0.29) is 5.41 Å². The lowest BCUT2D eigenvalue weighted by Crippen LogP contribution is -2.20. The highest BCUT2D eigenvalue weighted by Gasteiger charge is 2.22. The van der Waals surface area contributed by atoms with E-state index in [9.17, 15) is 0 Å². The van der Waals surface area contributed by atoms with Gasteiger partial charge in [-0.15, -0.1) is 0 Å². The second-order valence-corrected chi connectivity index (χ2v) is 3.79. The van der Waals surface area contributed by atoms with Crippen LogP contribution < -0.4 is 0 Å². The van der Waals surface area contributed by atoms with Crippen molar-refractivity contribution in [3.63, 3.8) is 0 Å². The maximum atomic E-state index is 4.23. The van der Waals surface area contributed by atoms with Gasteiger partial charge in [-0.2, -0.15) is 0 Å². The monoisotopic (exact) mass is 178 g/mol. The molecule has 0 fully saturated rings. The van der Waals surface area contributed by atoms with Gasteiger partial charge in [0.2, 0.25) is 0 Å². The van der Waals surface area contributed by atoms with E-state index in [0.717, 1.165) is 18.7 Å². The van der Waals surface area contributed by atoms with Gasteiger partial charge in [-0.25, -0.2) is 9.97 Å². The van der Waals surface area contributed by atoms with Crippen LogP contribution in [0.2, 0.25) is 0 Å². The Labute approximate surface area is 80.4 Å². The number of aryl methyl sites for hydroxylation is 1. The average Bonchev–Trinajstić information content (AvgIpc) is 2.18. The molecule has 0 aromatic carbocycles. The van der Waals surface area contributed by atoms with Gasteiger partial charge in [-0.05, 0) is 30.7 Å². The quantitative estimate of drug-likeness (QED) is 0.711. The Morgan fingerprint density at radius 1 is 1.15 bits per heavy atom. The van der Waals surface area contributed by atoms with Crippen molar-refractivity contribution >= 4 is 0 Å². The van der Waals surface area contributed by atoms with Crippen molar-refractivity contribution in [2.45, 2.75) is 46.0 Å². The van der Waals surface area contributed by atoms with Crippen molar-refractivity contribution in [3.05, 3.63) is 23.8 Å². The van der Waals surface area contributed by atoms with Gasteiger partial charge in [-0.3, -0.25) is 0 Å². The van der Waals surface area contributed by atoms with Gasteiger partial charge >= 0.3 is 0 Å². The van der Waals surface area contributed by atoms with E-state index in [1.807, 2.05) is 19.3 Å². The zero-order valence-electron chi connectivity index (χ0n) is 8.96. The van der Waals surface area contributed by atoms with E-state index in [1.54, 1.807) is 0 Å². The Morgan fingerprint density at radius 2 is 1.62 bits per heavy atom. The second-order valence-electron chi connectivity index (χ2n) is 3.79. The zero-order valence-corrected chi connectivity index (χ0v) is 8.96. The van der Waals surface area contributed by atoms with Crippen LogP contribution in [0.25, 0.3) is 0 Å². The highest BCUT2D eigenvalue weighted by Crippen LogP contribution is 2.29. The number of nitrogens with zero attached hydrogens (tertiary/aromatic N) is 2. The molecule has 13 heavy (non-hydrogen) atoms. The third-order valence-electron chi connectivity index (χ3n) is 3.04. The van der Waals surface area contributed by atoms with Crippen LogP contribution in [0.3, 0.4) is 0 Å². The van der Waals surface area contributed by atoms with Gasteiger partial charge in [0.1, 0.15) is 5.82 Å². The minimum atomic E-state index is 0.244. The summed E-state index contributed by atoms with van der Waals surface area (Å²) in [5.41, 5.74) is 1.50. The molecule has 0 saturated carbocycles. The summed E-state index contributed by atoms with van der Waals surface area (Å²) in [6.07, 6.45) is 6.18. The first-order chi connectivity index (χ1) is 6.12. The summed E-state index contributed by atoms with van der Waals surface area (Å²) in [5, 5.41) is 0. The van der Waals surface area contributed by atoms with E-state index in [4.69, 9.17) is 0 Å². The lowest BCUT2D eigenvalue weighted by atomic mass is 9.79. The Kier molecular flexibility index (Phi) is 3.02. The standard InChI is InChI=1S/C11H18N2/c1-5-11(4,6-2)10-7-12-9(3)13-8-10/h7-8H,5-6H2,1-4H3. The molecule has 1 heterocycles. The summed E-state index contributed by atoms with van der Waals surface area (Å²) in [5.74, 6) is 0.846. The summed E-state index contributed by atoms with van der Waals surface area (Å²) in [4.78, 5) is 8.46. The predicted octanol–water partition coefficient (Wildman–Crippen LogP) is 2.86. The Bertz CT molecular complexity index is 260. The molecule has 0 aliphatic rings. The SMILES string of the molecule is CCC(C)(CC)c1cnc(C)nc1. The lowest BCUT2D eigenvalue weighted by Gasteiger charge is -2.26. The third kappa shape index (κ3) is 2.06. The molecule has 0 saturated heterocycles. The molecule has 0 bridgehead atoms. The molecular formula is C11H18N2. The van der Waals surface area contributed by atoms with Crippen LogP contribution in [0.5, 0.6) is 0 Å². The van der Waals surface area contributed by atoms with Gasteiger partial charge in [0.15, 0.2) is 0 Å². The molecule has 2 nitrogen and oxygen atoms in total. The number of hydrogen-bond donors (Lipinski definition) is 0. The van der Waals surface area contributed by atoms with Gasteiger partial charge in [-0.1, -0.05) is 20.8 Å². The molecule has 0 aliphatic heterocycles. The number of aromatic nitrogens is 2. The first-order valence-electron chi connectivity index (χ1n) is 4.91. The first-order valence-corrected chi connectivity index (χ1v) is 4.91. The first kappa shape index (κ1) is 10.2. The number of rotatable bonds is 3. The Balaban J connectivity index is 2.99. The minimum absolute atomic E-state index is 0.244. The van der Waals surface area contributed by atoms with Gasteiger partial charge < -0.3 is 0 Å². The summed E-state index contributed by atoms with van der Waals surface area (Å²) < 4.78 is 0. The average molecular weight is 178 g/mol. The molecule has 0 spiro atoms. The van der Waals surface area contributed by atoms with Crippen LogP contribution in [-0.2, 0) is 5.41 Å². The molecule has 72 valence electrons. The Hall–Kier alpha value is -0.920. The molecule has 2 heteroatoms. The van der Waals surface area contributed by atoms with E-state index < -0.39 is 0 Å². The van der Waals surface area contributed by atoms with E-state index in [0.29, 0.717) is 0 Å². The topological polar surface area (TPSA) is 25.8 Å². The summed E-state index contributed by atoms with van der Waals surface area (Å²) in [6, 6.07) is 0. The fourth-order valence-electron chi connectivity index (χ4n) is 1.36. The van der Waals surface area contributed by atoms with Crippen molar-refractivity contribution in [2.75, 3.05) is 0 Å². The van der Waals surface area contributed by atoms with Crippen LogP contribution in [-0.4, -0.2) is 9.97 Å². The second kappa shape index (κ2) is 3.86. The molecule has 0 aliphatic carbocycles. The van der Waals surface area contributed by atoms with Gasteiger partial charge in [0, 0.05) is 12.4 Å². The van der Waals surface area contributed by atoms with Crippen LogP contribution in [0.15, 0.2) is 12.4 Å². The van der Waals surface area contributed by atoms with E-state index >= 15 is 0 Å². The molecule has 0 radical (unpaired) electrons. The molecule has 1 rings (SSSR count). The van der Waals surface area contributed by atoms with Crippen LogP contribution in [0, 0.1) is 6.92 Å². The summed E-state index contributed by atoms with van der Waals surface area (Å²) in [7, 11) is 0. The fraction of sp³-hybridized carbons (Fsp3) is 0.636. The highest BCUT2D eigenvalue weighted by molar-refractivity contribution is 5.17. The molecule has 0 unspecified atom stereocenters. The smallest absolute Gasteiger partial charge is 0.125 e. The van der Waals surface area contributed by atoms with Crippen molar-refractivity contribution < 1.29 is 0 Å². The molecule has 0 atom stereocenters. The third-order valence-corrected chi connectivity index (χ3v) is 3.04. The predicted molar refractivity (Wildman–Crippen MR) is 54.7 cm³/mol. The molecule has 1 aromatic heterocycles. The van der Waals surface area contributed by atoms with Crippen molar-refractivity contribution in [2.24, 2.45) is 0 Å². The van der Waals surface area contributed by atoms with E-state index in [2.05, 4.69) is 30.7 Å². The number of hydrogen-bond acceptors (Lipinski definition) is 2. The normalized spacial score (nSPS) is 11.7. The lowest BCUT2D eigenvalue weighted by molar-refractivity contribution is 0.435. The highest BCUT2D eigenvalue weighted by atomic mass is 14.8. The maximum Gasteiger partial charge on any atom is 0.125 e. The maximum absolute atomic E-state index is 4.23. The van der Waals surface area contributed by atoms with Crippen LogP contribution in [0.4, 0.5) is 0 Å². The minimum Gasteiger partial charge on any atom is -0.241 e.